The number of benzene rings is 2. The number of thiazole rings is 1. The molecule has 0 saturated heterocycles. The summed E-state index contributed by atoms with van der Waals surface area (Å²) in [6, 6.07) is 13.4. The van der Waals surface area contributed by atoms with E-state index in [1.807, 2.05) is 49.4 Å². The number of para-hydroxylation sites is 1. The number of carbonyl (C=O) groups excluding carboxylic acids is 1. The van der Waals surface area contributed by atoms with E-state index in [0.29, 0.717) is 12.8 Å². The molecule has 1 N–H and O–H groups in total. The number of fused-ring (bicyclic) bond motifs is 1. The van der Waals surface area contributed by atoms with Gasteiger partial charge in [0.05, 0.1) is 35.5 Å². The molecule has 0 unspecified atom stereocenters. The molecular formula is C20H22N2O3S. The molecule has 1 heterocycles. The maximum absolute atomic E-state index is 12.4. The van der Waals surface area contributed by atoms with Crippen LogP contribution in [0.4, 0.5) is 0 Å². The van der Waals surface area contributed by atoms with Gasteiger partial charge in [-0.1, -0.05) is 12.1 Å². The predicted molar refractivity (Wildman–Crippen MR) is 104 cm³/mol. The summed E-state index contributed by atoms with van der Waals surface area (Å²) in [4.78, 5) is 16.9. The fourth-order valence-corrected chi connectivity index (χ4v) is 3.78. The van der Waals surface area contributed by atoms with Gasteiger partial charge < -0.3 is 14.8 Å². The normalized spacial score (nSPS) is 12.0. The molecule has 26 heavy (non-hydrogen) atoms. The summed E-state index contributed by atoms with van der Waals surface area (Å²) in [6.07, 6.45) is 1.03. The number of methoxy groups -OCH3 is 2. The molecule has 0 radical (unpaired) electrons. The topological polar surface area (TPSA) is 60.5 Å². The second kappa shape index (κ2) is 8.19. The molecular weight excluding hydrogens is 348 g/mol. The fraction of sp³-hybridized carbons (Fsp3) is 0.300. The molecule has 0 spiro atoms. The van der Waals surface area contributed by atoms with E-state index in [2.05, 4.69) is 10.3 Å². The van der Waals surface area contributed by atoms with E-state index in [1.165, 1.54) is 0 Å². The van der Waals surface area contributed by atoms with Gasteiger partial charge >= 0.3 is 0 Å². The lowest BCUT2D eigenvalue weighted by Crippen LogP contribution is -2.27. The van der Waals surface area contributed by atoms with Gasteiger partial charge in [-0.3, -0.25) is 4.79 Å². The van der Waals surface area contributed by atoms with Crippen LogP contribution < -0.4 is 14.8 Å². The molecule has 0 bridgehead atoms. The summed E-state index contributed by atoms with van der Waals surface area (Å²) >= 11 is 1.64. The number of aromatic nitrogens is 1. The average molecular weight is 370 g/mol. The first-order valence-corrected chi connectivity index (χ1v) is 9.28. The van der Waals surface area contributed by atoms with Gasteiger partial charge in [0.2, 0.25) is 5.91 Å². The standard InChI is InChI=1S/C20H22N2O3S/c1-13(15-12-14(24-2)8-9-17(15)25-3)21-19(23)10-11-20-22-16-6-4-5-7-18(16)26-20/h4-9,12-13H,10-11H2,1-3H3,(H,21,23)/t13-/m0/s1. The number of hydrogen-bond acceptors (Lipinski definition) is 5. The average Bonchev–Trinajstić information content (AvgIpc) is 3.08. The molecule has 0 saturated carbocycles. The van der Waals surface area contributed by atoms with Crippen molar-refractivity contribution in [3.8, 4) is 11.5 Å². The van der Waals surface area contributed by atoms with Gasteiger partial charge in [0, 0.05) is 18.4 Å². The minimum atomic E-state index is -0.178. The predicted octanol–water partition coefficient (Wildman–Crippen LogP) is 4.12. The Morgan fingerprint density at radius 2 is 2.00 bits per heavy atom. The fourth-order valence-electron chi connectivity index (χ4n) is 2.82. The highest BCUT2D eigenvalue weighted by Gasteiger charge is 2.16. The lowest BCUT2D eigenvalue weighted by molar-refractivity contribution is -0.121. The molecule has 3 rings (SSSR count). The molecule has 1 aromatic heterocycles. The molecule has 3 aromatic rings. The SMILES string of the molecule is COc1ccc(OC)c([C@H](C)NC(=O)CCc2nc3ccccc3s2)c1. The van der Waals surface area contributed by atoms with Crippen molar-refractivity contribution >= 4 is 27.5 Å². The van der Waals surface area contributed by atoms with Crippen LogP contribution in [0.3, 0.4) is 0 Å². The van der Waals surface area contributed by atoms with Crippen LogP contribution in [0.2, 0.25) is 0 Å². The Bertz CT molecular complexity index is 874. The maximum Gasteiger partial charge on any atom is 0.220 e. The monoisotopic (exact) mass is 370 g/mol. The molecule has 5 nitrogen and oxygen atoms in total. The highest BCUT2D eigenvalue weighted by atomic mass is 32.1. The quantitative estimate of drug-likeness (QED) is 0.679. The first-order chi connectivity index (χ1) is 12.6. The van der Waals surface area contributed by atoms with E-state index in [4.69, 9.17) is 9.47 Å². The Morgan fingerprint density at radius 3 is 2.73 bits per heavy atom. The van der Waals surface area contributed by atoms with Gasteiger partial charge in [0.1, 0.15) is 11.5 Å². The number of amides is 1. The Balaban J connectivity index is 1.62. The molecule has 1 amide bonds. The Labute approximate surface area is 157 Å². The summed E-state index contributed by atoms with van der Waals surface area (Å²) in [5, 5.41) is 4.01. The van der Waals surface area contributed by atoms with Crippen LogP contribution in [-0.4, -0.2) is 25.1 Å². The van der Waals surface area contributed by atoms with Crippen molar-refractivity contribution in [1.82, 2.24) is 10.3 Å². The van der Waals surface area contributed by atoms with Crippen molar-refractivity contribution in [1.29, 1.82) is 0 Å². The van der Waals surface area contributed by atoms with E-state index in [9.17, 15) is 4.79 Å². The van der Waals surface area contributed by atoms with Crippen LogP contribution in [0.15, 0.2) is 42.5 Å². The summed E-state index contributed by atoms with van der Waals surface area (Å²) in [7, 11) is 3.24. The van der Waals surface area contributed by atoms with Crippen LogP contribution >= 0.6 is 11.3 Å². The van der Waals surface area contributed by atoms with Crippen LogP contribution in [-0.2, 0) is 11.2 Å². The number of hydrogen-bond donors (Lipinski definition) is 1. The molecule has 0 aliphatic heterocycles. The van der Waals surface area contributed by atoms with Gasteiger partial charge in [-0.2, -0.15) is 0 Å². The Kier molecular flexibility index (Phi) is 5.73. The van der Waals surface area contributed by atoms with Crippen molar-refractivity contribution in [3.05, 3.63) is 53.0 Å². The van der Waals surface area contributed by atoms with Gasteiger partial charge in [-0.15, -0.1) is 11.3 Å². The number of rotatable bonds is 7. The lowest BCUT2D eigenvalue weighted by Gasteiger charge is -2.18. The van der Waals surface area contributed by atoms with Crippen LogP contribution in [0.1, 0.15) is 30.0 Å². The molecule has 136 valence electrons. The summed E-state index contributed by atoms with van der Waals surface area (Å²) in [5.41, 5.74) is 1.88. The summed E-state index contributed by atoms with van der Waals surface area (Å²) in [5.74, 6) is 1.45. The highest BCUT2D eigenvalue weighted by molar-refractivity contribution is 7.18. The number of carbonyl (C=O) groups is 1. The maximum atomic E-state index is 12.4. The zero-order valence-corrected chi connectivity index (χ0v) is 15.9. The molecule has 6 heteroatoms. The van der Waals surface area contributed by atoms with Crippen molar-refractivity contribution < 1.29 is 14.3 Å². The number of ether oxygens (including phenoxy) is 2. The van der Waals surface area contributed by atoms with E-state index < -0.39 is 0 Å². The minimum Gasteiger partial charge on any atom is -0.497 e. The van der Waals surface area contributed by atoms with Crippen LogP contribution in [0.5, 0.6) is 11.5 Å². The number of nitrogens with zero attached hydrogens (tertiary/aromatic N) is 1. The van der Waals surface area contributed by atoms with E-state index in [-0.39, 0.29) is 11.9 Å². The smallest absolute Gasteiger partial charge is 0.220 e. The molecule has 1 atom stereocenters. The van der Waals surface area contributed by atoms with E-state index in [0.717, 1.165) is 32.3 Å². The first kappa shape index (κ1) is 18.2. The van der Waals surface area contributed by atoms with E-state index >= 15 is 0 Å². The van der Waals surface area contributed by atoms with Crippen molar-refractivity contribution in [2.75, 3.05) is 14.2 Å². The van der Waals surface area contributed by atoms with Gasteiger partial charge in [0.25, 0.3) is 0 Å². The second-order valence-corrected chi connectivity index (χ2v) is 7.09. The number of nitrogens with one attached hydrogen (secondary N) is 1. The Morgan fingerprint density at radius 1 is 1.19 bits per heavy atom. The number of aryl methyl sites for hydroxylation is 1. The van der Waals surface area contributed by atoms with Crippen molar-refractivity contribution in [3.63, 3.8) is 0 Å². The van der Waals surface area contributed by atoms with E-state index in [1.54, 1.807) is 25.6 Å². The first-order valence-electron chi connectivity index (χ1n) is 8.46. The minimum absolute atomic E-state index is 0.0124. The zero-order valence-electron chi connectivity index (χ0n) is 15.1. The van der Waals surface area contributed by atoms with Gasteiger partial charge in [-0.05, 0) is 37.3 Å². The third-order valence-electron chi connectivity index (χ3n) is 4.18. The second-order valence-electron chi connectivity index (χ2n) is 5.97. The largest absolute Gasteiger partial charge is 0.497 e. The Hall–Kier alpha value is -2.60. The molecule has 0 aliphatic carbocycles. The molecule has 0 fully saturated rings. The summed E-state index contributed by atoms with van der Waals surface area (Å²) < 4.78 is 11.8. The van der Waals surface area contributed by atoms with Crippen LogP contribution in [0.25, 0.3) is 10.2 Å². The van der Waals surface area contributed by atoms with Crippen LogP contribution in [0, 0.1) is 0 Å². The summed E-state index contributed by atoms with van der Waals surface area (Å²) in [6.45, 7) is 1.94. The van der Waals surface area contributed by atoms with Crippen molar-refractivity contribution in [2.45, 2.75) is 25.8 Å². The third-order valence-corrected chi connectivity index (χ3v) is 5.28. The zero-order chi connectivity index (χ0) is 18.5. The molecule has 2 aromatic carbocycles. The molecule has 0 aliphatic rings. The van der Waals surface area contributed by atoms with Crippen molar-refractivity contribution in [2.24, 2.45) is 0 Å². The third kappa shape index (κ3) is 4.14. The van der Waals surface area contributed by atoms with Gasteiger partial charge in [-0.25, -0.2) is 4.98 Å². The lowest BCUT2D eigenvalue weighted by atomic mass is 10.1. The van der Waals surface area contributed by atoms with Gasteiger partial charge in [0.15, 0.2) is 0 Å². The highest BCUT2D eigenvalue weighted by Crippen LogP contribution is 2.29.